The molecule has 4 atom stereocenters. The zero-order chi connectivity index (χ0) is 17.7. The number of halogens is 1. The molecule has 0 unspecified atom stereocenters. The van der Waals surface area contributed by atoms with Crippen LogP contribution in [0.1, 0.15) is 29.5 Å². The molecule has 1 aromatic heterocycles. The van der Waals surface area contributed by atoms with Gasteiger partial charge < -0.3 is 19.6 Å². The molecule has 1 saturated carbocycles. The van der Waals surface area contributed by atoms with Crippen molar-refractivity contribution in [3.63, 3.8) is 0 Å². The fourth-order valence-electron chi connectivity index (χ4n) is 4.33. The number of rotatable bonds is 2. The Morgan fingerprint density at radius 2 is 1.81 bits per heavy atom. The van der Waals surface area contributed by atoms with Gasteiger partial charge in [-0.05, 0) is 81.8 Å². The van der Waals surface area contributed by atoms with Gasteiger partial charge in [0, 0.05) is 5.56 Å². The van der Waals surface area contributed by atoms with Crippen molar-refractivity contribution < 1.29 is 14.3 Å². The summed E-state index contributed by atoms with van der Waals surface area (Å²) in [6, 6.07) is 3.84. The molecule has 142 valence electrons. The molecule has 0 spiro atoms. The highest BCUT2D eigenvalue weighted by Crippen LogP contribution is 2.37. The number of hydrogen-bond donors (Lipinski definition) is 2. The van der Waals surface area contributed by atoms with E-state index in [1.807, 2.05) is 26.0 Å². The summed E-state index contributed by atoms with van der Waals surface area (Å²) in [6.45, 7) is 7.64. The van der Waals surface area contributed by atoms with E-state index in [2.05, 4.69) is 5.32 Å². The van der Waals surface area contributed by atoms with Crippen LogP contribution >= 0.6 is 12.4 Å². The van der Waals surface area contributed by atoms with Gasteiger partial charge in [0.25, 0.3) is 0 Å². The highest BCUT2D eigenvalue weighted by molar-refractivity contribution is 5.88. The maximum absolute atomic E-state index is 12.0. The highest BCUT2D eigenvalue weighted by atomic mass is 35.5. The molecule has 0 bridgehead atoms. The van der Waals surface area contributed by atoms with Crippen molar-refractivity contribution in [1.82, 2.24) is 5.32 Å². The minimum atomic E-state index is -0.464. The van der Waals surface area contributed by atoms with Gasteiger partial charge in [-0.2, -0.15) is 0 Å². The van der Waals surface area contributed by atoms with Gasteiger partial charge in [-0.25, -0.2) is 4.79 Å². The third-order valence-corrected chi connectivity index (χ3v) is 5.92. The van der Waals surface area contributed by atoms with Crippen LogP contribution < -0.4 is 15.7 Å². The van der Waals surface area contributed by atoms with Crippen LogP contribution in [0.5, 0.6) is 5.75 Å². The Balaban J connectivity index is 0.00000196. The number of aliphatic hydroxyl groups excluding tert-OH is 1. The molecule has 2 heterocycles. The predicted octanol–water partition coefficient (Wildman–Crippen LogP) is 2.88. The molecule has 1 aliphatic carbocycles. The summed E-state index contributed by atoms with van der Waals surface area (Å²) in [7, 11) is 0. The molecule has 26 heavy (non-hydrogen) atoms. The molecule has 1 aliphatic heterocycles. The molecule has 1 aromatic carbocycles. The summed E-state index contributed by atoms with van der Waals surface area (Å²) in [4.78, 5) is 12.0. The van der Waals surface area contributed by atoms with Crippen molar-refractivity contribution >= 4 is 23.4 Å². The van der Waals surface area contributed by atoms with E-state index in [9.17, 15) is 9.90 Å². The van der Waals surface area contributed by atoms with Gasteiger partial charge in [0.05, 0.1) is 11.5 Å². The molecule has 5 nitrogen and oxygen atoms in total. The Kier molecular flexibility index (Phi) is 5.33. The quantitative estimate of drug-likeness (QED) is 0.785. The fraction of sp³-hybridized carbons (Fsp3) is 0.550. The van der Waals surface area contributed by atoms with Crippen LogP contribution in [0.2, 0.25) is 0 Å². The first-order chi connectivity index (χ1) is 11.9. The number of aliphatic hydroxyl groups is 1. The van der Waals surface area contributed by atoms with Gasteiger partial charge >= 0.3 is 5.63 Å². The minimum absolute atomic E-state index is 0. The standard InChI is InChI=1S/C20H25NO4.ClH/c1-10-4-17(19-11(2)12(3)20(23)25-18(19)5-10)24-16-7-14-9-21-8-13(14)6-15(16)22;/h4-5,13-16,21-22H,6-9H2,1-3H3;1H/t13-,14+,15+,16+;/m0./s1. The van der Waals surface area contributed by atoms with Crippen LogP contribution in [0.3, 0.4) is 0 Å². The summed E-state index contributed by atoms with van der Waals surface area (Å²) in [6.07, 6.45) is 0.939. The third kappa shape index (κ3) is 3.24. The van der Waals surface area contributed by atoms with Crippen molar-refractivity contribution in [2.45, 2.75) is 45.8 Å². The maximum atomic E-state index is 12.0. The van der Waals surface area contributed by atoms with E-state index in [0.717, 1.165) is 42.4 Å². The number of nitrogens with one attached hydrogen (secondary N) is 1. The fourth-order valence-corrected chi connectivity index (χ4v) is 4.33. The van der Waals surface area contributed by atoms with E-state index in [-0.39, 0.29) is 24.1 Å². The zero-order valence-electron chi connectivity index (χ0n) is 15.4. The monoisotopic (exact) mass is 379 g/mol. The number of hydrogen-bond acceptors (Lipinski definition) is 5. The second-order valence-electron chi connectivity index (χ2n) is 7.65. The van der Waals surface area contributed by atoms with Gasteiger partial charge in [-0.15, -0.1) is 12.4 Å². The number of fused-ring (bicyclic) bond motifs is 2. The molecule has 4 rings (SSSR count). The van der Waals surface area contributed by atoms with E-state index < -0.39 is 6.10 Å². The third-order valence-electron chi connectivity index (χ3n) is 5.92. The lowest BCUT2D eigenvalue weighted by atomic mass is 9.78. The van der Waals surface area contributed by atoms with Crippen molar-refractivity contribution in [3.05, 3.63) is 39.2 Å². The normalized spacial score (nSPS) is 27.8. The van der Waals surface area contributed by atoms with Crippen molar-refractivity contribution in [2.24, 2.45) is 11.8 Å². The Labute approximate surface area is 159 Å². The Morgan fingerprint density at radius 3 is 2.54 bits per heavy atom. The van der Waals surface area contributed by atoms with Crippen LogP contribution in [0.25, 0.3) is 11.0 Å². The average Bonchev–Trinajstić information content (AvgIpc) is 2.99. The second kappa shape index (κ2) is 7.22. The zero-order valence-corrected chi connectivity index (χ0v) is 16.2. The molecule has 1 saturated heterocycles. The van der Waals surface area contributed by atoms with Gasteiger partial charge in [0.15, 0.2) is 0 Å². The van der Waals surface area contributed by atoms with Crippen molar-refractivity contribution in [3.8, 4) is 5.75 Å². The maximum Gasteiger partial charge on any atom is 0.339 e. The second-order valence-corrected chi connectivity index (χ2v) is 7.65. The molecular formula is C20H26ClNO4. The molecule has 2 fully saturated rings. The topological polar surface area (TPSA) is 71.7 Å². The van der Waals surface area contributed by atoms with Crippen LogP contribution in [0, 0.1) is 32.6 Å². The highest BCUT2D eigenvalue weighted by Gasteiger charge is 2.40. The number of aryl methyl sites for hydroxylation is 2. The van der Waals surface area contributed by atoms with E-state index >= 15 is 0 Å². The van der Waals surface area contributed by atoms with Crippen LogP contribution in [-0.4, -0.2) is 30.4 Å². The first kappa shape index (κ1) is 19.2. The Hall–Kier alpha value is -1.56. The largest absolute Gasteiger partial charge is 0.487 e. The van der Waals surface area contributed by atoms with Crippen LogP contribution in [0.15, 0.2) is 21.3 Å². The van der Waals surface area contributed by atoms with E-state index in [4.69, 9.17) is 9.15 Å². The average molecular weight is 380 g/mol. The molecule has 2 N–H and O–H groups in total. The van der Waals surface area contributed by atoms with E-state index in [1.165, 1.54) is 0 Å². The Morgan fingerprint density at radius 1 is 1.12 bits per heavy atom. The SMILES string of the molecule is Cc1cc(O[C@@H]2C[C@@H]3CNC[C@@H]3C[C@H]2O)c2c(C)c(C)c(=O)oc2c1.Cl. The predicted molar refractivity (Wildman–Crippen MR) is 103 cm³/mol. The lowest BCUT2D eigenvalue weighted by Crippen LogP contribution is -2.42. The summed E-state index contributed by atoms with van der Waals surface area (Å²) in [5, 5.41) is 14.8. The molecule has 0 amide bonds. The lowest BCUT2D eigenvalue weighted by molar-refractivity contribution is -0.0225. The number of benzene rings is 1. The summed E-state index contributed by atoms with van der Waals surface area (Å²) >= 11 is 0. The first-order valence-corrected chi connectivity index (χ1v) is 9.04. The van der Waals surface area contributed by atoms with Gasteiger partial charge in [0.1, 0.15) is 17.4 Å². The number of ether oxygens (including phenoxy) is 1. The summed E-state index contributed by atoms with van der Waals surface area (Å²) < 4.78 is 11.8. The first-order valence-electron chi connectivity index (χ1n) is 9.04. The molecular weight excluding hydrogens is 354 g/mol. The van der Waals surface area contributed by atoms with Crippen molar-refractivity contribution in [1.29, 1.82) is 0 Å². The Bertz CT molecular complexity index is 878. The molecule has 2 aromatic rings. The summed E-state index contributed by atoms with van der Waals surface area (Å²) in [5.74, 6) is 1.81. The minimum Gasteiger partial charge on any atom is -0.487 e. The molecule has 0 radical (unpaired) electrons. The van der Waals surface area contributed by atoms with Gasteiger partial charge in [-0.3, -0.25) is 0 Å². The molecule has 6 heteroatoms. The summed E-state index contributed by atoms with van der Waals surface area (Å²) in [5.41, 5.74) is 2.70. The van der Waals surface area contributed by atoms with E-state index in [0.29, 0.717) is 28.7 Å². The van der Waals surface area contributed by atoms with Gasteiger partial charge in [-0.1, -0.05) is 0 Å². The smallest absolute Gasteiger partial charge is 0.339 e. The van der Waals surface area contributed by atoms with E-state index in [1.54, 1.807) is 6.92 Å². The van der Waals surface area contributed by atoms with Crippen LogP contribution in [0.4, 0.5) is 0 Å². The van der Waals surface area contributed by atoms with Gasteiger partial charge in [0.2, 0.25) is 0 Å². The van der Waals surface area contributed by atoms with Crippen LogP contribution in [-0.2, 0) is 0 Å². The lowest BCUT2D eigenvalue weighted by Gasteiger charge is -2.35. The molecule has 2 aliphatic rings. The van der Waals surface area contributed by atoms with Crippen molar-refractivity contribution in [2.75, 3.05) is 13.1 Å².